The molecule has 0 spiro atoms. The van der Waals surface area contributed by atoms with Gasteiger partial charge in [-0.25, -0.2) is 4.13 Å². The Morgan fingerprint density at radius 2 is 2.00 bits per heavy atom. The van der Waals surface area contributed by atoms with E-state index in [4.69, 9.17) is 5.11 Å². The number of aliphatic carboxylic acids is 1. The summed E-state index contributed by atoms with van der Waals surface area (Å²) in [6, 6.07) is 10.1. The van der Waals surface area contributed by atoms with Crippen molar-refractivity contribution in [2.24, 2.45) is 0 Å². The van der Waals surface area contributed by atoms with Crippen LogP contribution in [0, 0.1) is 0 Å². The van der Waals surface area contributed by atoms with Gasteiger partial charge in [0.1, 0.15) is 0 Å². The molecule has 0 atom stereocenters. The van der Waals surface area contributed by atoms with Gasteiger partial charge in [0.25, 0.3) is 0 Å². The van der Waals surface area contributed by atoms with E-state index in [1.54, 1.807) is 11.9 Å². The van der Waals surface area contributed by atoms with E-state index in [2.05, 4.69) is 16.3 Å². The summed E-state index contributed by atoms with van der Waals surface area (Å²) < 4.78 is 3.06. The van der Waals surface area contributed by atoms with Gasteiger partial charge >= 0.3 is 5.97 Å². The summed E-state index contributed by atoms with van der Waals surface area (Å²) in [6.45, 7) is 0. The van der Waals surface area contributed by atoms with Crippen LogP contribution in [0.4, 0.5) is 0 Å². The molecule has 0 fully saturated rings. The number of carbonyl (C=O) groups is 1. The Balaban J connectivity index is 2.00. The van der Waals surface area contributed by atoms with Crippen LogP contribution in [0.2, 0.25) is 0 Å². The third-order valence-electron chi connectivity index (χ3n) is 1.62. The highest BCUT2D eigenvalue weighted by atomic mass is 32.2. The summed E-state index contributed by atoms with van der Waals surface area (Å²) in [4.78, 5) is 10.2. The predicted octanol–water partition coefficient (Wildman–Crippen LogP) is 2.55. The molecule has 0 aliphatic rings. The molecule has 0 aliphatic carbocycles. The minimum absolute atomic E-state index is 0.198. The van der Waals surface area contributed by atoms with Crippen LogP contribution in [0.5, 0.6) is 0 Å². The molecule has 0 amide bonds. The lowest BCUT2D eigenvalue weighted by atomic mass is 10.2. The molecule has 82 valence electrons. The molecule has 0 saturated heterocycles. The van der Waals surface area contributed by atoms with Crippen molar-refractivity contribution in [2.45, 2.75) is 12.2 Å². The molecule has 0 radical (unpaired) electrons. The third kappa shape index (κ3) is 6.43. The summed E-state index contributed by atoms with van der Waals surface area (Å²) in [5.74, 6) is 0.732. The summed E-state index contributed by atoms with van der Waals surface area (Å²) in [6.07, 6.45) is 0.198. The zero-order valence-corrected chi connectivity index (χ0v) is 9.81. The molecule has 15 heavy (non-hydrogen) atoms. The Labute approximate surface area is 97.9 Å². The van der Waals surface area contributed by atoms with Gasteiger partial charge in [0, 0.05) is 11.5 Å². The smallest absolute Gasteiger partial charge is 0.304 e. The van der Waals surface area contributed by atoms with Crippen molar-refractivity contribution in [3.05, 3.63) is 35.9 Å². The fourth-order valence-corrected chi connectivity index (χ4v) is 2.45. The molecule has 1 aromatic carbocycles. The molecule has 0 bridgehead atoms. The van der Waals surface area contributed by atoms with Crippen LogP contribution in [-0.4, -0.2) is 16.8 Å². The molecule has 1 rings (SSSR count). The van der Waals surface area contributed by atoms with E-state index in [0.29, 0.717) is 5.75 Å². The third-order valence-corrected chi connectivity index (χ3v) is 3.45. The van der Waals surface area contributed by atoms with Crippen molar-refractivity contribution in [2.75, 3.05) is 5.75 Å². The predicted molar refractivity (Wildman–Crippen MR) is 65.6 cm³/mol. The summed E-state index contributed by atoms with van der Waals surface area (Å²) in [5.41, 5.74) is 1.26. The average molecular weight is 243 g/mol. The van der Waals surface area contributed by atoms with Gasteiger partial charge in [-0.05, 0) is 5.56 Å². The monoisotopic (exact) mass is 243 g/mol. The second-order valence-electron chi connectivity index (χ2n) is 2.85. The van der Waals surface area contributed by atoms with Crippen LogP contribution in [0.15, 0.2) is 30.3 Å². The largest absolute Gasteiger partial charge is 0.481 e. The zero-order chi connectivity index (χ0) is 10.9. The lowest BCUT2D eigenvalue weighted by Gasteiger charge is -2.02. The van der Waals surface area contributed by atoms with Crippen molar-refractivity contribution in [1.29, 1.82) is 0 Å². The van der Waals surface area contributed by atoms with E-state index in [9.17, 15) is 4.79 Å². The highest BCUT2D eigenvalue weighted by Crippen LogP contribution is 2.12. The fourth-order valence-electron chi connectivity index (χ4n) is 0.909. The first kappa shape index (κ1) is 12.4. The van der Waals surface area contributed by atoms with Crippen LogP contribution in [0.25, 0.3) is 0 Å². The van der Waals surface area contributed by atoms with Gasteiger partial charge in [0.15, 0.2) is 0 Å². The number of hydrogen-bond donors (Lipinski definition) is 2. The Bertz CT molecular complexity index is 293. The summed E-state index contributed by atoms with van der Waals surface area (Å²) >= 11 is 3.01. The minimum Gasteiger partial charge on any atom is -0.481 e. The number of carboxylic acids is 1. The van der Waals surface area contributed by atoms with Crippen molar-refractivity contribution in [3.8, 4) is 0 Å². The first-order chi connectivity index (χ1) is 7.29. The lowest BCUT2D eigenvalue weighted by molar-refractivity contribution is -0.136. The Hall–Kier alpha value is -0.650. The lowest BCUT2D eigenvalue weighted by Crippen LogP contribution is -2.00. The summed E-state index contributed by atoms with van der Waals surface area (Å²) in [5, 5.41) is 8.40. The first-order valence-corrected chi connectivity index (χ1v) is 6.50. The second-order valence-corrected chi connectivity index (χ2v) is 4.79. The van der Waals surface area contributed by atoms with Gasteiger partial charge in [0.2, 0.25) is 0 Å². The van der Waals surface area contributed by atoms with Crippen LogP contribution in [0.1, 0.15) is 12.0 Å². The van der Waals surface area contributed by atoms with Gasteiger partial charge in [-0.1, -0.05) is 54.2 Å². The van der Waals surface area contributed by atoms with E-state index >= 15 is 0 Å². The van der Waals surface area contributed by atoms with Crippen LogP contribution < -0.4 is 4.13 Å². The Morgan fingerprint density at radius 1 is 1.27 bits per heavy atom. The van der Waals surface area contributed by atoms with Gasteiger partial charge in [-0.3, -0.25) is 4.79 Å². The van der Waals surface area contributed by atoms with Crippen LogP contribution in [0.3, 0.4) is 0 Å². The molecule has 0 heterocycles. The molecule has 3 nitrogen and oxygen atoms in total. The van der Waals surface area contributed by atoms with E-state index in [1.165, 1.54) is 17.5 Å². The Morgan fingerprint density at radius 3 is 2.67 bits per heavy atom. The zero-order valence-electron chi connectivity index (χ0n) is 8.18. The maximum atomic E-state index is 10.2. The topological polar surface area (TPSA) is 49.3 Å². The average Bonchev–Trinajstić information content (AvgIpc) is 2.24. The van der Waals surface area contributed by atoms with Crippen LogP contribution in [-0.2, 0) is 10.5 Å². The van der Waals surface area contributed by atoms with Gasteiger partial charge in [-0.2, -0.15) is 0 Å². The number of nitrogens with one attached hydrogen (secondary N) is 1. The molecule has 1 aromatic rings. The molecular formula is C10H13NO2S2. The van der Waals surface area contributed by atoms with E-state index < -0.39 is 5.97 Å². The minimum atomic E-state index is -0.752. The molecule has 0 unspecified atom stereocenters. The van der Waals surface area contributed by atoms with Crippen LogP contribution >= 0.6 is 23.9 Å². The van der Waals surface area contributed by atoms with Crippen molar-refractivity contribution < 1.29 is 9.90 Å². The maximum absolute atomic E-state index is 10.2. The van der Waals surface area contributed by atoms with Crippen molar-refractivity contribution in [1.82, 2.24) is 4.13 Å². The SMILES string of the molecule is O=C(O)CCSNSCc1ccccc1. The number of rotatable bonds is 7. The molecule has 5 heteroatoms. The van der Waals surface area contributed by atoms with Gasteiger partial charge in [0.05, 0.1) is 6.42 Å². The summed E-state index contributed by atoms with van der Waals surface area (Å²) in [7, 11) is 0. The highest BCUT2D eigenvalue weighted by Gasteiger charge is 1.96. The first-order valence-electron chi connectivity index (χ1n) is 4.53. The standard InChI is InChI=1S/C10H13NO2S2/c12-10(13)6-7-14-11-15-8-9-4-2-1-3-5-9/h1-5,11H,6-8H2,(H,12,13). The number of carboxylic acid groups (broad SMARTS) is 1. The van der Waals surface area contributed by atoms with E-state index in [0.717, 1.165) is 5.75 Å². The quantitative estimate of drug-likeness (QED) is 0.569. The van der Waals surface area contributed by atoms with Crippen molar-refractivity contribution in [3.63, 3.8) is 0 Å². The number of benzene rings is 1. The maximum Gasteiger partial charge on any atom is 0.304 e. The number of hydrogen-bond acceptors (Lipinski definition) is 4. The molecule has 2 N–H and O–H groups in total. The molecule has 0 aromatic heterocycles. The van der Waals surface area contributed by atoms with E-state index in [1.807, 2.05) is 18.2 Å². The Kier molecular flexibility index (Phi) is 6.31. The normalized spacial score (nSPS) is 10.1. The van der Waals surface area contributed by atoms with Gasteiger partial charge in [-0.15, -0.1) is 0 Å². The molecule has 0 saturated carbocycles. The fraction of sp³-hybridized carbons (Fsp3) is 0.300. The van der Waals surface area contributed by atoms with Crippen molar-refractivity contribution >= 4 is 29.9 Å². The highest BCUT2D eigenvalue weighted by molar-refractivity contribution is 8.12. The molecular weight excluding hydrogens is 230 g/mol. The van der Waals surface area contributed by atoms with E-state index in [-0.39, 0.29) is 6.42 Å². The second kappa shape index (κ2) is 7.62. The molecule has 0 aliphatic heterocycles. The van der Waals surface area contributed by atoms with Gasteiger partial charge < -0.3 is 5.11 Å².